The number of hydrogen-bond acceptors (Lipinski definition) is 4. The molecular formula is C17H26N4O2. The highest BCUT2D eigenvalue weighted by molar-refractivity contribution is 5.80. The molecule has 0 aromatic carbocycles. The van der Waals surface area contributed by atoms with Crippen LogP contribution in [-0.4, -0.2) is 49.9 Å². The minimum Gasteiger partial charge on any atom is -0.365 e. The van der Waals surface area contributed by atoms with E-state index in [2.05, 4.69) is 23.9 Å². The molecule has 1 aromatic heterocycles. The molecule has 6 heteroatoms. The topological polar surface area (TPSA) is 60.2 Å². The van der Waals surface area contributed by atoms with Crippen LogP contribution in [0.2, 0.25) is 0 Å². The van der Waals surface area contributed by atoms with Crippen LogP contribution >= 0.6 is 0 Å². The summed E-state index contributed by atoms with van der Waals surface area (Å²) < 4.78 is 8.22. The van der Waals surface area contributed by atoms with E-state index < -0.39 is 0 Å². The van der Waals surface area contributed by atoms with Crippen molar-refractivity contribution in [3.63, 3.8) is 0 Å². The maximum Gasteiger partial charge on any atom is 0.247 e. The Kier molecular flexibility index (Phi) is 3.31. The van der Waals surface area contributed by atoms with E-state index in [1.807, 2.05) is 11.8 Å². The zero-order chi connectivity index (χ0) is 16.2. The number of morpholine rings is 1. The molecule has 1 aliphatic heterocycles. The van der Waals surface area contributed by atoms with Gasteiger partial charge in [0.2, 0.25) is 5.91 Å². The monoisotopic (exact) mass is 318 g/mol. The van der Waals surface area contributed by atoms with Crippen molar-refractivity contribution >= 4 is 5.91 Å². The first-order valence-corrected chi connectivity index (χ1v) is 8.72. The van der Waals surface area contributed by atoms with Gasteiger partial charge in [0.15, 0.2) is 0 Å². The van der Waals surface area contributed by atoms with Crippen molar-refractivity contribution in [2.75, 3.05) is 13.1 Å². The third-order valence-corrected chi connectivity index (χ3v) is 5.93. The van der Waals surface area contributed by atoms with E-state index in [4.69, 9.17) is 4.74 Å². The summed E-state index contributed by atoms with van der Waals surface area (Å²) in [6, 6.07) is -0.318. The highest BCUT2D eigenvalue weighted by Gasteiger charge is 2.57. The molecule has 1 spiro atoms. The van der Waals surface area contributed by atoms with Gasteiger partial charge >= 0.3 is 0 Å². The van der Waals surface area contributed by atoms with Crippen molar-refractivity contribution in [1.29, 1.82) is 0 Å². The Bertz CT molecular complexity index is 600. The van der Waals surface area contributed by atoms with Crippen LogP contribution in [0.3, 0.4) is 0 Å². The number of rotatable bonds is 2. The van der Waals surface area contributed by atoms with Gasteiger partial charge in [-0.3, -0.25) is 4.79 Å². The number of aromatic nitrogens is 3. The van der Waals surface area contributed by atoms with Gasteiger partial charge in [-0.2, -0.15) is 5.10 Å². The van der Waals surface area contributed by atoms with Gasteiger partial charge in [-0.05, 0) is 58.3 Å². The third kappa shape index (κ3) is 2.47. The first-order valence-electron chi connectivity index (χ1n) is 8.72. The van der Waals surface area contributed by atoms with E-state index in [0.717, 1.165) is 18.9 Å². The smallest absolute Gasteiger partial charge is 0.247 e. The summed E-state index contributed by atoms with van der Waals surface area (Å²) in [5.74, 6) is 1.52. The second kappa shape index (κ2) is 5.03. The molecule has 126 valence electrons. The number of carbonyl (C=O) groups is 1. The highest BCUT2D eigenvalue weighted by atomic mass is 16.5. The van der Waals surface area contributed by atoms with Crippen molar-refractivity contribution in [2.24, 2.45) is 11.8 Å². The molecule has 2 aliphatic carbocycles. The van der Waals surface area contributed by atoms with Gasteiger partial charge in [0.1, 0.15) is 18.7 Å². The van der Waals surface area contributed by atoms with Crippen molar-refractivity contribution in [1.82, 2.24) is 19.7 Å². The Morgan fingerprint density at radius 3 is 2.78 bits per heavy atom. The molecule has 0 radical (unpaired) electrons. The lowest BCUT2D eigenvalue weighted by atomic mass is 9.81. The molecule has 23 heavy (non-hydrogen) atoms. The molecule has 4 atom stereocenters. The largest absolute Gasteiger partial charge is 0.365 e. The summed E-state index contributed by atoms with van der Waals surface area (Å²) >= 11 is 0. The molecule has 3 fully saturated rings. The van der Waals surface area contributed by atoms with Crippen LogP contribution in [0.25, 0.3) is 0 Å². The van der Waals surface area contributed by atoms with Crippen molar-refractivity contribution < 1.29 is 9.53 Å². The SMILES string of the molecule is CC(C(=O)N1CC(C)(C)O[C@@]2(C[C@@H]3CC[C@H]2C3)C1)n1cncn1. The number of hydrogen-bond donors (Lipinski definition) is 0. The molecule has 1 amide bonds. The van der Waals surface area contributed by atoms with Crippen LogP contribution in [0.5, 0.6) is 0 Å². The molecular weight excluding hydrogens is 292 g/mol. The van der Waals surface area contributed by atoms with Gasteiger partial charge in [-0.15, -0.1) is 0 Å². The minimum absolute atomic E-state index is 0.119. The second-order valence-electron chi connectivity index (χ2n) is 8.25. The van der Waals surface area contributed by atoms with Crippen molar-refractivity contribution in [3.8, 4) is 0 Å². The maximum atomic E-state index is 13.0. The number of fused-ring (bicyclic) bond motifs is 3. The van der Waals surface area contributed by atoms with Crippen LogP contribution in [0.1, 0.15) is 52.5 Å². The molecule has 6 nitrogen and oxygen atoms in total. The Morgan fingerprint density at radius 2 is 2.17 bits per heavy atom. The highest BCUT2D eigenvalue weighted by Crippen LogP contribution is 2.55. The average molecular weight is 318 g/mol. The normalized spacial score (nSPS) is 36.6. The minimum atomic E-state index is -0.318. The van der Waals surface area contributed by atoms with E-state index in [0.29, 0.717) is 12.5 Å². The molecule has 2 bridgehead atoms. The molecule has 4 rings (SSSR count). The zero-order valence-electron chi connectivity index (χ0n) is 14.2. The Labute approximate surface area is 137 Å². The predicted octanol–water partition coefficient (Wildman–Crippen LogP) is 2.04. The van der Waals surface area contributed by atoms with E-state index >= 15 is 0 Å². The van der Waals surface area contributed by atoms with Gasteiger partial charge in [0.25, 0.3) is 0 Å². The van der Waals surface area contributed by atoms with E-state index in [1.54, 1.807) is 11.0 Å². The van der Waals surface area contributed by atoms with Crippen LogP contribution in [-0.2, 0) is 9.53 Å². The molecule has 1 saturated heterocycles. The first-order chi connectivity index (χ1) is 10.9. The molecule has 2 heterocycles. The molecule has 1 aromatic rings. The second-order valence-corrected chi connectivity index (χ2v) is 8.25. The lowest BCUT2D eigenvalue weighted by Crippen LogP contribution is -2.63. The summed E-state index contributed by atoms with van der Waals surface area (Å²) in [7, 11) is 0. The van der Waals surface area contributed by atoms with Crippen molar-refractivity contribution in [3.05, 3.63) is 12.7 Å². The van der Waals surface area contributed by atoms with E-state index in [1.165, 1.54) is 25.6 Å². The number of carbonyl (C=O) groups excluding carboxylic acids is 1. The van der Waals surface area contributed by atoms with Gasteiger partial charge in [-0.25, -0.2) is 9.67 Å². The summed E-state index contributed by atoms with van der Waals surface area (Å²) in [4.78, 5) is 19.0. The fourth-order valence-corrected chi connectivity index (χ4v) is 5.12. The summed E-state index contributed by atoms with van der Waals surface area (Å²) in [5.41, 5.74) is -0.414. The van der Waals surface area contributed by atoms with Gasteiger partial charge in [0.05, 0.1) is 17.7 Å². The fraction of sp³-hybridized carbons (Fsp3) is 0.824. The quantitative estimate of drug-likeness (QED) is 0.837. The van der Waals surface area contributed by atoms with E-state index in [-0.39, 0.29) is 23.2 Å². The van der Waals surface area contributed by atoms with Crippen LogP contribution < -0.4 is 0 Å². The lowest BCUT2D eigenvalue weighted by Gasteiger charge is -2.52. The van der Waals surface area contributed by atoms with Crippen LogP contribution in [0, 0.1) is 11.8 Å². The zero-order valence-corrected chi connectivity index (χ0v) is 14.2. The standard InChI is InChI=1S/C17H26N4O2/c1-12(21-11-18-10-19-21)15(22)20-8-16(2,3)23-17(9-20)7-13-4-5-14(17)6-13/h10-14H,4-9H2,1-3H3/t12?,13-,14+,17+/m1/s1. The van der Waals surface area contributed by atoms with Gasteiger partial charge in [-0.1, -0.05) is 0 Å². The van der Waals surface area contributed by atoms with Crippen molar-refractivity contribution in [2.45, 2.75) is 63.7 Å². The molecule has 2 saturated carbocycles. The fourth-order valence-electron chi connectivity index (χ4n) is 5.12. The first kappa shape index (κ1) is 15.1. The summed E-state index contributed by atoms with van der Waals surface area (Å²) in [6.45, 7) is 7.49. The summed E-state index contributed by atoms with van der Waals surface area (Å²) in [5, 5.41) is 4.12. The molecule has 0 N–H and O–H groups in total. The maximum absolute atomic E-state index is 13.0. The molecule has 1 unspecified atom stereocenters. The van der Waals surface area contributed by atoms with Gasteiger partial charge < -0.3 is 9.64 Å². The van der Waals surface area contributed by atoms with Gasteiger partial charge in [0, 0.05) is 6.54 Å². The van der Waals surface area contributed by atoms with E-state index in [9.17, 15) is 4.79 Å². The number of ether oxygens (including phenoxy) is 1. The Hall–Kier alpha value is -1.43. The predicted molar refractivity (Wildman–Crippen MR) is 84.7 cm³/mol. The Balaban J connectivity index is 1.57. The average Bonchev–Trinajstić information content (AvgIpc) is 3.20. The van der Waals surface area contributed by atoms with Crippen LogP contribution in [0.15, 0.2) is 12.7 Å². The van der Waals surface area contributed by atoms with Crippen LogP contribution in [0.4, 0.5) is 0 Å². The number of amides is 1. The third-order valence-electron chi connectivity index (χ3n) is 5.93. The lowest BCUT2D eigenvalue weighted by molar-refractivity contribution is -0.218. The number of nitrogens with zero attached hydrogens (tertiary/aromatic N) is 4. The molecule has 3 aliphatic rings. The summed E-state index contributed by atoms with van der Waals surface area (Å²) in [6.07, 6.45) is 8.06. The Morgan fingerprint density at radius 1 is 1.35 bits per heavy atom.